The van der Waals surface area contributed by atoms with Gasteiger partial charge in [-0.1, -0.05) is 0 Å². The predicted octanol–water partition coefficient (Wildman–Crippen LogP) is 1.88. The molecule has 2 unspecified atom stereocenters. The lowest BCUT2D eigenvalue weighted by atomic mass is 10.00. The van der Waals surface area contributed by atoms with Gasteiger partial charge in [0.05, 0.1) is 20.3 Å². The van der Waals surface area contributed by atoms with Crippen molar-refractivity contribution in [1.82, 2.24) is 5.32 Å². The van der Waals surface area contributed by atoms with E-state index in [1.165, 1.54) is 6.42 Å². The van der Waals surface area contributed by atoms with E-state index in [2.05, 4.69) is 5.32 Å². The van der Waals surface area contributed by atoms with Crippen LogP contribution in [0.2, 0.25) is 0 Å². The SMILES string of the molecule is COc1ccc(OC)c(C(O)CC2CCCN2)c1. The molecule has 4 nitrogen and oxygen atoms in total. The van der Waals surface area contributed by atoms with E-state index in [0.29, 0.717) is 18.2 Å². The van der Waals surface area contributed by atoms with Gasteiger partial charge >= 0.3 is 0 Å². The minimum Gasteiger partial charge on any atom is -0.497 e. The summed E-state index contributed by atoms with van der Waals surface area (Å²) in [6, 6.07) is 5.91. The summed E-state index contributed by atoms with van der Waals surface area (Å²) in [5.74, 6) is 1.45. The molecule has 1 aliphatic heterocycles. The zero-order valence-electron chi connectivity index (χ0n) is 11.0. The normalized spacial score (nSPS) is 20.7. The second-order valence-electron chi connectivity index (χ2n) is 4.65. The molecule has 1 aliphatic rings. The molecule has 4 heteroatoms. The van der Waals surface area contributed by atoms with Gasteiger partial charge in [-0.25, -0.2) is 0 Å². The first-order valence-corrected chi connectivity index (χ1v) is 6.38. The van der Waals surface area contributed by atoms with E-state index in [4.69, 9.17) is 9.47 Å². The van der Waals surface area contributed by atoms with Crippen LogP contribution in [0.5, 0.6) is 11.5 Å². The Morgan fingerprint density at radius 1 is 1.39 bits per heavy atom. The van der Waals surface area contributed by atoms with Crippen molar-refractivity contribution in [3.63, 3.8) is 0 Å². The summed E-state index contributed by atoms with van der Waals surface area (Å²) in [7, 11) is 3.24. The summed E-state index contributed by atoms with van der Waals surface area (Å²) in [6.45, 7) is 1.05. The lowest BCUT2D eigenvalue weighted by Gasteiger charge is -2.19. The van der Waals surface area contributed by atoms with Crippen molar-refractivity contribution in [1.29, 1.82) is 0 Å². The Morgan fingerprint density at radius 3 is 2.83 bits per heavy atom. The van der Waals surface area contributed by atoms with Gasteiger partial charge in [0.15, 0.2) is 0 Å². The summed E-state index contributed by atoms with van der Waals surface area (Å²) in [5.41, 5.74) is 0.797. The molecular formula is C14H21NO3. The Labute approximate surface area is 108 Å². The molecule has 0 saturated carbocycles. The Bertz CT molecular complexity index is 389. The quantitative estimate of drug-likeness (QED) is 0.839. The average molecular weight is 251 g/mol. The Hall–Kier alpha value is -1.26. The maximum atomic E-state index is 10.3. The fourth-order valence-corrected chi connectivity index (χ4v) is 2.45. The number of aliphatic hydroxyl groups excluding tert-OH is 1. The van der Waals surface area contributed by atoms with Crippen molar-refractivity contribution in [3.8, 4) is 11.5 Å². The van der Waals surface area contributed by atoms with Crippen LogP contribution >= 0.6 is 0 Å². The van der Waals surface area contributed by atoms with Crippen molar-refractivity contribution in [2.45, 2.75) is 31.4 Å². The average Bonchev–Trinajstić information content (AvgIpc) is 2.90. The van der Waals surface area contributed by atoms with Gasteiger partial charge in [0.2, 0.25) is 0 Å². The number of ether oxygens (including phenoxy) is 2. The van der Waals surface area contributed by atoms with E-state index in [1.807, 2.05) is 18.2 Å². The van der Waals surface area contributed by atoms with Gasteiger partial charge in [-0.15, -0.1) is 0 Å². The summed E-state index contributed by atoms with van der Waals surface area (Å²) >= 11 is 0. The zero-order valence-corrected chi connectivity index (χ0v) is 11.0. The van der Waals surface area contributed by atoms with Crippen molar-refractivity contribution in [3.05, 3.63) is 23.8 Å². The smallest absolute Gasteiger partial charge is 0.124 e. The van der Waals surface area contributed by atoms with Crippen LogP contribution in [0.1, 0.15) is 30.9 Å². The number of rotatable bonds is 5. The number of benzene rings is 1. The molecule has 100 valence electrons. The van der Waals surface area contributed by atoms with Crippen LogP contribution in [-0.2, 0) is 0 Å². The highest BCUT2D eigenvalue weighted by Gasteiger charge is 2.21. The Kier molecular flexibility index (Phi) is 4.44. The number of hydrogen-bond acceptors (Lipinski definition) is 4. The molecule has 0 aromatic heterocycles. The van der Waals surface area contributed by atoms with Crippen LogP contribution in [-0.4, -0.2) is 31.9 Å². The van der Waals surface area contributed by atoms with Crippen molar-refractivity contribution in [2.24, 2.45) is 0 Å². The maximum Gasteiger partial charge on any atom is 0.124 e. The molecule has 2 atom stereocenters. The fourth-order valence-electron chi connectivity index (χ4n) is 2.45. The summed E-state index contributed by atoms with van der Waals surface area (Å²) in [6.07, 6.45) is 2.50. The standard InChI is InChI=1S/C14H21NO3/c1-17-11-5-6-14(18-2)12(9-11)13(16)8-10-4-3-7-15-10/h5-6,9-10,13,15-16H,3-4,7-8H2,1-2H3. The van der Waals surface area contributed by atoms with Crippen molar-refractivity contribution >= 4 is 0 Å². The fraction of sp³-hybridized carbons (Fsp3) is 0.571. The van der Waals surface area contributed by atoms with E-state index < -0.39 is 6.10 Å². The topological polar surface area (TPSA) is 50.7 Å². The van der Waals surface area contributed by atoms with Crippen molar-refractivity contribution in [2.75, 3.05) is 20.8 Å². The Balaban J connectivity index is 2.13. The summed E-state index contributed by atoms with van der Waals surface area (Å²) in [4.78, 5) is 0. The minimum atomic E-state index is -0.523. The Morgan fingerprint density at radius 2 is 2.22 bits per heavy atom. The van der Waals surface area contributed by atoms with Gasteiger partial charge in [0.25, 0.3) is 0 Å². The minimum absolute atomic E-state index is 0.399. The van der Waals surface area contributed by atoms with Crippen LogP contribution < -0.4 is 14.8 Å². The molecule has 1 heterocycles. The van der Waals surface area contributed by atoms with E-state index in [1.54, 1.807) is 14.2 Å². The first kappa shape index (κ1) is 13.2. The maximum absolute atomic E-state index is 10.3. The lowest BCUT2D eigenvalue weighted by molar-refractivity contribution is 0.150. The highest BCUT2D eigenvalue weighted by Crippen LogP contribution is 2.32. The molecule has 2 N–H and O–H groups in total. The first-order valence-electron chi connectivity index (χ1n) is 6.38. The molecule has 1 aromatic carbocycles. The van der Waals surface area contributed by atoms with E-state index in [-0.39, 0.29) is 0 Å². The van der Waals surface area contributed by atoms with Crippen LogP contribution in [0.3, 0.4) is 0 Å². The van der Waals surface area contributed by atoms with Crippen molar-refractivity contribution < 1.29 is 14.6 Å². The van der Waals surface area contributed by atoms with E-state index in [9.17, 15) is 5.11 Å². The summed E-state index contributed by atoms with van der Waals surface area (Å²) < 4.78 is 10.5. The second kappa shape index (κ2) is 6.07. The van der Waals surface area contributed by atoms with Gasteiger partial charge in [0, 0.05) is 11.6 Å². The highest BCUT2D eigenvalue weighted by atomic mass is 16.5. The predicted molar refractivity (Wildman–Crippen MR) is 70.1 cm³/mol. The molecule has 1 fully saturated rings. The largest absolute Gasteiger partial charge is 0.497 e. The van der Waals surface area contributed by atoms with E-state index >= 15 is 0 Å². The number of nitrogens with one attached hydrogen (secondary N) is 1. The molecule has 1 aromatic rings. The molecule has 2 rings (SSSR count). The van der Waals surface area contributed by atoms with E-state index in [0.717, 1.165) is 24.3 Å². The van der Waals surface area contributed by atoms with Gasteiger partial charge in [0.1, 0.15) is 11.5 Å². The van der Waals surface area contributed by atoms with Gasteiger partial charge < -0.3 is 19.9 Å². The number of aliphatic hydroxyl groups is 1. The molecule has 0 bridgehead atoms. The van der Waals surface area contributed by atoms with Crippen LogP contribution in [0, 0.1) is 0 Å². The monoisotopic (exact) mass is 251 g/mol. The molecule has 0 aliphatic carbocycles. The molecular weight excluding hydrogens is 230 g/mol. The summed E-state index contributed by atoms with van der Waals surface area (Å²) in [5, 5.41) is 13.7. The van der Waals surface area contributed by atoms with Gasteiger partial charge in [-0.3, -0.25) is 0 Å². The lowest BCUT2D eigenvalue weighted by Crippen LogP contribution is -2.23. The highest BCUT2D eigenvalue weighted by molar-refractivity contribution is 5.41. The van der Waals surface area contributed by atoms with Crippen LogP contribution in [0.25, 0.3) is 0 Å². The van der Waals surface area contributed by atoms with Crippen LogP contribution in [0.15, 0.2) is 18.2 Å². The van der Waals surface area contributed by atoms with Crippen LogP contribution in [0.4, 0.5) is 0 Å². The molecule has 0 radical (unpaired) electrons. The third kappa shape index (κ3) is 2.94. The first-order chi connectivity index (χ1) is 8.74. The number of methoxy groups -OCH3 is 2. The number of hydrogen-bond donors (Lipinski definition) is 2. The third-order valence-corrected chi connectivity index (χ3v) is 3.47. The molecule has 18 heavy (non-hydrogen) atoms. The third-order valence-electron chi connectivity index (χ3n) is 3.47. The second-order valence-corrected chi connectivity index (χ2v) is 4.65. The zero-order chi connectivity index (χ0) is 13.0. The van der Waals surface area contributed by atoms with Gasteiger partial charge in [-0.05, 0) is 44.0 Å². The van der Waals surface area contributed by atoms with Gasteiger partial charge in [-0.2, -0.15) is 0 Å². The molecule has 1 saturated heterocycles. The molecule has 0 amide bonds. The molecule has 0 spiro atoms.